The molecule has 6 nitrogen and oxygen atoms in total. The first-order valence-corrected chi connectivity index (χ1v) is 11.4. The second-order valence-corrected chi connectivity index (χ2v) is 9.15. The van der Waals surface area contributed by atoms with E-state index < -0.39 is 9.84 Å². The molecule has 0 saturated heterocycles. The Balaban J connectivity index is 1.90. The summed E-state index contributed by atoms with van der Waals surface area (Å²) in [5.41, 5.74) is 1.85. The molecule has 0 fully saturated rings. The molecule has 3 heterocycles. The molecule has 0 radical (unpaired) electrons. The topological polar surface area (TPSA) is 88.6 Å². The molecular weight excluding hydrogens is 416 g/mol. The fraction of sp³-hybridized carbons (Fsp3) is 0.105. The molecule has 28 heavy (non-hydrogen) atoms. The fourth-order valence-corrected chi connectivity index (χ4v) is 4.90. The molecule has 0 unspecified atom stereocenters. The molecule has 3 aromatic heterocycles. The van der Waals surface area contributed by atoms with Gasteiger partial charge in [0, 0.05) is 36.0 Å². The number of aromatic amines is 1. The van der Waals surface area contributed by atoms with Gasteiger partial charge in [-0.1, -0.05) is 41.6 Å². The SMILES string of the molecule is CSc1ncc(Cc2c(S(=O)(=O)c3ccccc3)[nH]c3ncc(Cl)cc23)cn1. The summed E-state index contributed by atoms with van der Waals surface area (Å²) in [6, 6.07) is 10.0. The third kappa shape index (κ3) is 3.50. The van der Waals surface area contributed by atoms with Crippen LogP contribution in [0.15, 0.2) is 70.1 Å². The summed E-state index contributed by atoms with van der Waals surface area (Å²) in [5.74, 6) is 0. The van der Waals surface area contributed by atoms with Crippen molar-refractivity contribution in [2.24, 2.45) is 0 Å². The van der Waals surface area contributed by atoms with E-state index in [-0.39, 0.29) is 9.92 Å². The van der Waals surface area contributed by atoms with Crippen LogP contribution in [0.3, 0.4) is 0 Å². The van der Waals surface area contributed by atoms with Crippen LogP contribution >= 0.6 is 23.4 Å². The van der Waals surface area contributed by atoms with Gasteiger partial charge in [0.05, 0.1) is 9.92 Å². The average Bonchev–Trinajstić information content (AvgIpc) is 3.07. The van der Waals surface area contributed by atoms with Crippen LogP contribution in [0.5, 0.6) is 0 Å². The van der Waals surface area contributed by atoms with Crippen LogP contribution in [-0.2, 0) is 16.3 Å². The minimum Gasteiger partial charge on any atom is -0.330 e. The summed E-state index contributed by atoms with van der Waals surface area (Å²) in [6.45, 7) is 0. The first kappa shape index (κ1) is 18.9. The lowest BCUT2D eigenvalue weighted by molar-refractivity contribution is 0.592. The zero-order valence-electron chi connectivity index (χ0n) is 14.8. The Morgan fingerprint density at radius 2 is 1.79 bits per heavy atom. The number of aromatic nitrogens is 4. The number of nitrogens with one attached hydrogen (secondary N) is 1. The Morgan fingerprint density at radius 1 is 1.07 bits per heavy atom. The fourth-order valence-electron chi connectivity index (χ4n) is 2.94. The molecule has 142 valence electrons. The standard InChI is InChI=1S/C19H15ClN4O2S2/c1-27-19-22-9-12(10-23-19)7-16-15-8-13(20)11-21-17(15)24-18(16)28(25,26)14-5-3-2-4-6-14/h2-6,8-11H,7H2,1H3,(H,21,24). The summed E-state index contributed by atoms with van der Waals surface area (Å²) in [7, 11) is -3.76. The number of halogens is 1. The second kappa shape index (κ2) is 7.54. The van der Waals surface area contributed by atoms with Crippen molar-refractivity contribution in [1.29, 1.82) is 0 Å². The molecule has 1 N–H and O–H groups in total. The van der Waals surface area contributed by atoms with Crippen LogP contribution in [0.4, 0.5) is 0 Å². The van der Waals surface area contributed by atoms with Crippen LogP contribution in [-0.4, -0.2) is 34.6 Å². The number of hydrogen-bond donors (Lipinski definition) is 1. The van der Waals surface area contributed by atoms with E-state index in [9.17, 15) is 8.42 Å². The van der Waals surface area contributed by atoms with Crippen molar-refractivity contribution in [2.45, 2.75) is 21.5 Å². The van der Waals surface area contributed by atoms with Gasteiger partial charge >= 0.3 is 0 Å². The van der Waals surface area contributed by atoms with E-state index >= 15 is 0 Å². The van der Waals surface area contributed by atoms with Gasteiger partial charge in [0.25, 0.3) is 0 Å². The zero-order valence-corrected chi connectivity index (χ0v) is 17.1. The lowest BCUT2D eigenvalue weighted by Crippen LogP contribution is -2.06. The van der Waals surface area contributed by atoms with Gasteiger partial charge in [-0.2, -0.15) is 0 Å². The van der Waals surface area contributed by atoms with E-state index in [2.05, 4.69) is 19.9 Å². The Labute approximate surface area is 171 Å². The number of benzene rings is 1. The number of fused-ring (bicyclic) bond motifs is 1. The molecule has 9 heteroatoms. The predicted octanol–water partition coefficient (Wildman–Crippen LogP) is 4.15. The highest BCUT2D eigenvalue weighted by molar-refractivity contribution is 7.98. The highest BCUT2D eigenvalue weighted by atomic mass is 35.5. The van der Waals surface area contributed by atoms with E-state index in [4.69, 9.17) is 11.6 Å². The Kier molecular flexibility index (Phi) is 5.09. The number of rotatable bonds is 5. The molecule has 4 rings (SSSR count). The smallest absolute Gasteiger partial charge is 0.222 e. The van der Waals surface area contributed by atoms with Crippen molar-refractivity contribution in [2.75, 3.05) is 6.26 Å². The molecule has 0 aliphatic carbocycles. The number of nitrogens with zero attached hydrogens (tertiary/aromatic N) is 3. The number of hydrogen-bond acceptors (Lipinski definition) is 6. The highest BCUT2D eigenvalue weighted by Crippen LogP contribution is 2.32. The van der Waals surface area contributed by atoms with Crippen LogP contribution in [0, 0.1) is 0 Å². The zero-order chi connectivity index (χ0) is 19.7. The summed E-state index contributed by atoms with van der Waals surface area (Å²) >= 11 is 7.56. The van der Waals surface area contributed by atoms with Crippen molar-refractivity contribution >= 4 is 44.2 Å². The molecule has 0 aliphatic heterocycles. The third-order valence-corrected chi connectivity index (χ3v) is 6.81. The predicted molar refractivity (Wildman–Crippen MR) is 110 cm³/mol. The molecule has 1 aromatic carbocycles. The third-order valence-electron chi connectivity index (χ3n) is 4.25. The second-order valence-electron chi connectivity index (χ2n) is 6.05. The van der Waals surface area contributed by atoms with Crippen LogP contribution in [0.1, 0.15) is 11.1 Å². The molecular formula is C19H15ClN4O2S2. The Hall–Kier alpha value is -2.42. The van der Waals surface area contributed by atoms with Crippen LogP contribution in [0.25, 0.3) is 11.0 Å². The van der Waals surface area contributed by atoms with Gasteiger partial charge in [-0.25, -0.2) is 23.4 Å². The maximum atomic E-state index is 13.3. The molecule has 0 aliphatic rings. The lowest BCUT2D eigenvalue weighted by Gasteiger charge is -2.07. The van der Waals surface area contributed by atoms with Gasteiger partial charge in [-0.15, -0.1) is 0 Å². The number of sulfone groups is 1. The van der Waals surface area contributed by atoms with Gasteiger partial charge in [-0.3, -0.25) is 0 Å². The molecule has 0 bridgehead atoms. The largest absolute Gasteiger partial charge is 0.330 e. The maximum Gasteiger partial charge on any atom is 0.222 e. The van der Waals surface area contributed by atoms with E-state index in [0.29, 0.717) is 33.2 Å². The molecule has 0 saturated carbocycles. The van der Waals surface area contributed by atoms with Crippen molar-refractivity contribution < 1.29 is 8.42 Å². The lowest BCUT2D eigenvalue weighted by atomic mass is 10.1. The average molecular weight is 431 g/mol. The number of pyridine rings is 1. The maximum absolute atomic E-state index is 13.3. The number of H-pyrrole nitrogens is 1. The van der Waals surface area contributed by atoms with Gasteiger partial charge in [0.2, 0.25) is 9.84 Å². The van der Waals surface area contributed by atoms with Crippen molar-refractivity contribution in [3.63, 3.8) is 0 Å². The minimum absolute atomic E-state index is 0.109. The van der Waals surface area contributed by atoms with E-state index in [0.717, 1.165) is 5.56 Å². The van der Waals surface area contributed by atoms with Crippen molar-refractivity contribution in [3.8, 4) is 0 Å². The summed E-state index contributed by atoms with van der Waals surface area (Å²) in [4.78, 5) is 16.0. The van der Waals surface area contributed by atoms with Gasteiger partial charge < -0.3 is 4.98 Å². The van der Waals surface area contributed by atoms with Gasteiger partial charge in [-0.05, 0) is 30.0 Å². The monoisotopic (exact) mass is 430 g/mol. The first-order chi connectivity index (χ1) is 13.5. The summed E-state index contributed by atoms with van der Waals surface area (Å²) in [5, 5.41) is 1.86. The quantitative estimate of drug-likeness (QED) is 0.378. The molecule has 0 atom stereocenters. The van der Waals surface area contributed by atoms with Crippen molar-refractivity contribution in [1.82, 2.24) is 19.9 Å². The van der Waals surface area contributed by atoms with Crippen LogP contribution in [0.2, 0.25) is 5.02 Å². The number of thioether (sulfide) groups is 1. The van der Waals surface area contributed by atoms with Crippen molar-refractivity contribution in [3.05, 3.63) is 71.1 Å². The van der Waals surface area contributed by atoms with E-state index in [1.807, 2.05) is 6.26 Å². The summed E-state index contributed by atoms with van der Waals surface area (Å²) in [6.07, 6.45) is 7.12. The molecule has 0 spiro atoms. The first-order valence-electron chi connectivity index (χ1n) is 8.30. The van der Waals surface area contributed by atoms with E-state index in [1.54, 1.807) is 48.8 Å². The Morgan fingerprint density at radius 3 is 2.46 bits per heavy atom. The Bertz CT molecular complexity index is 1240. The molecule has 0 amide bonds. The highest BCUT2D eigenvalue weighted by Gasteiger charge is 2.26. The van der Waals surface area contributed by atoms with Gasteiger partial charge in [0.15, 0.2) is 5.16 Å². The summed E-state index contributed by atoms with van der Waals surface area (Å²) < 4.78 is 26.5. The normalized spacial score (nSPS) is 11.8. The minimum atomic E-state index is -3.76. The van der Waals surface area contributed by atoms with E-state index in [1.165, 1.54) is 18.0 Å². The molecule has 4 aromatic rings. The van der Waals surface area contributed by atoms with Crippen LogP contribution < -0.4 is 0 Å². The van der Waals surface area contributed by atoms with Gasteiger partial charge in [0.1, 0.15) is 10.7 Å².